The normalized spacial score (nSPS) is 30.8. The quantitative estimate of drug-likeness (QED) is 0.519. The van der Waals surface area contributed by atoms with Gasteiger partial charge in [-0.1, -0.05) is 0 Å². The fraction of sp³-hybridized carbons (Fsp3) is 1.00. The van der Waals surface area contributed by atoms with Crippen LogP contribution in [-0.4, -0.2) is 50.2 Å². The number of rotatable bonds is 0. The molecule has 0 radical (unpaired) electrons. The van der Waals surface area contributed by atoms with E-state index in [4.69, 9.17) is 0 Å². The van der Waals surface area contributed by atoms with Crippen LogP contribution in [0.2, 0.25) is 0 Å². The average molecular weight is 169 g/mol. The minimum absolute atomic E-state index is 0.435. The summed E-state index contributed by atoms with van der Waals surface area (Å²) in [6.45, 7) is 5.94. The summed E-state index contributed by atoms with van der Waals surface area (Å²) < 4.78 is 0. The second-order valence-electron chi connectivity index (χ2n) is 4.19. The molecule has 2 fully saturated rings. The van der Waals surface area contributed by atoms with Crippen molar-refractivity contribution in [3.63, 3.8) is 0 Å². The van der Waals surface area contributed by atoms with Crippen molar-refractivity contribution in [2.75, 3.05) is 39.8 Å². The first-order valence-electron chi connectivity index (χ1n) is 4.95. The fourth-order valence-electron chi connectivity index (χ4n) is 2.21. The van der Waals surface area contributed by atoms with E-state index in [9.17, 15) is 0 Å². The molecule has 3 heteroatoms. The lowest BCUT2D eigenvalue weighted by atomic mass is 9.86. The lowest BCUT2D eigenvalue weighted by Crippen LogP contribution is -2.62. The molecular formula is C9H19N3. The topological polar surface area (TPSA) is 27.3 Å². The summed E-state index contributed by atoms with van der Waals surface area (Å²) >= 11 is 0. The largest absolute Gasteiger partial charge is 0.314 e. The van der Waals surface area contributed by atoms with Crippen molar-refractivity contribution in [1.82, 2.24) is 15.5 Å². The predicted molar refractivity (Wildman–Crippen MR) is 50.3 cm³/mol. The van der Waals surface area contributed by atoms with Gasteiger partial charge in [-0.15, -0.1) is 0 Å². The van der Waals surface area contributed by atoms with Crippen LogP contribution in [0.3, 0.4) is 0 Å². The van der Waals surface area contributed by atoms with Gasteiger partial charge in [0.1, 0.15) is 0 Å². The van der Waals surface area contributed by atoms with Gasteiger partial charge in [-0.2, -0.15) is 0 Å². The molecule has 0 amide bonds. The number of piperazine rings is 1. The van der Waals surface area contributed by atoms with Crippen molar-refractivity contribution in [2.45, 2.75) is 18.4 Å². The lowest BCUT2D eigenvalue weighted by molar-refractivity contribution is 0.140. The number of nitrogens with zero attached hydrogens (tertiary/aromatic N) is 1. The zero-order chi connectivity index (χ0) is 8.44. The number of nitrogens with one attached hydrogen (secondary N) is 2. The minimum Gasteiger partial charge on any atom is -0.314 e. The second kappa shape index (κ2) is 3.32. The highest BCUT2D eigenvalue weighted by Crippen LogP contribution is 2.21. The third-order valence-electron chi connectivity index (χ3n) is 3.21. The summed E-state index contributed by atoms with van der Waals surface area (Å²) in [4.78, 5) is 2.42. The Hall–Kier alpha value is -0.120. The molecule has 2 heterocycles. The average Bonchev–Trinajstić information content (AvgIpc) is 2.13. The van der Waals surface area contributed by atoms with Crippen LogP contribution in [0.1, 0.15) is 12.8 Å². The summed E-state index contributed by atoms with van der Waals surface area (Å²) in [5.41, 5.74) is 0.435. The maximum absolute atomic E-state index is 3.67. The molecule has 2 rings (SSSR count). The molecule has 12 heavy (non-hydrogen) atoms. The van der Waals surface area contributed by atoms with Gasteiger partial charge in [-0.05, 0) is 33.0 Å². The highest BCUT2D eigenvalue weighted by atomic mass is 15.2. The Kier molecular flexibility index (Phi) is 2.35. The Bertz CT molecular complexity index is 142. The number of hydrogen-bond acceptors (Lipinski definition) is 3. The molecule has 0 aromatic heterocycles. The van der Waals surface area contributed by atoms with Gasteiger partial charge in [0.25, 0.3) is 0 Å². The first-order valence-corrected chi connectivity index (χ1v) is 4.95. The highest BCUT2D eigenvalue weighted by Gasteiger charge is 2.34. The van der Waals surface area contributed by atoms with Gasteiger partial charge in [-0.3, -0.25) is 0 Å². The predicted octanol–water partition coefficient (Wildman–Crippen LogP) is -0.356. The van der Waals surface area contributed by atoms with Gasteiger partial charge >= 0.3 is 0 Å². The smallest absolute Gasteiger partial charge is 0.0331 e. The maximum Gasteiger partial charge on any atom is 0.0331 e. The van der Waals surface area contributed by atoms with Crippen molar-refractivity contribution in [3.8, 4) is 0 Å². The number of piperidine rings is 1. The third-order valence-corrected chi connectivity index (χ3v) is 3.21. The van der Waals surface area contributed by atoms with E-state index >= 15 is 0 Å². The summed E-state index contributed by atoms with van der Waals surface area (Å²) in [6.07, 6.45) is 2.60. The molecular weight excluding hydrogens is 150 g/mol. The van der Waals surface area contributed by atoms with Crippen LogP contribution in [0.5, 0.6) is 0 Å². The lowest BCUT2D eigenvalue weighted by Gasteiger charge is -2.44. The van der Waals surface area contributed by atoms with E-state index in [-0.39, 0.29) is 0 Å². The van der Waals surface area contributed by atoms with Crippen molar-refractivity contribution in [2.24, 2.45) is 0 Å². The van der Waals surface area contributed by atoms with E-state index in [0.717, 1.165) is 13.1 Å². The first-order chi connectivity index (χ1) is 5.81. The van der Waals surface area contributed by atoms with E-state index < -0.39 is 0 Å². The van der Waals surface area contributed by atoms with E-state index in [1.54, 1.807) is 0 Å². The standard InChI is InChI=1S/C9H19N3/c1-12-6-2-9(3-7-12)8-10-4-5-11-9/h10-11H,2-8H2,1H3. The number of likely N-dealkylation sites (tertiary alicyclic amines) is 1. The summed E-state index contributed by atoms with van der Waals surface area (Å²) in [7, 11) is 2.21. The summed E-state index contributed by atoms with van der Waals surface area (Å²) in [6, 6.07) is 0. The van der Waals surface area contributed by atoms with Gasteiger partial charge in [-0.25, -0.2) is 0 Å². The van der Waals surface area contributed by atoms with Gasteiger partial charge in [0.05, 0.1) is 0 Å². The van der Waals surface area contributed by atoms with E-state index in [2.05, 4.69) is 22.6 Å². The van der Waals surface area contributed by atoms with Crippen molar-refractivity contribution < 1.29 is 0 Å². The van der Waals surface area contributed by atoms with Crippen molar-refractivity contribution >= 4 is 0 Å². The third kappa shape index (κ3) is 1.63. The molecule has 0 aromatic rings. The maximum atomic E-state index is 3.67. The molecule has 2 aliphatic heterocycles. The molecule has 1 spiro atoms. The molecule has 3 nitrogen and oxygen atoms in total. The van der Waals surface area contributed by atoms with Crippen LogP contribution >= 0.6 is 0 Å². The molecule has 0 unspecified atom stereocenters. The van der Waals surface area contributed by atoms with Gasteiger partial charge in [0, 0.05) is 25.2 Å². The minimum atomic E-state index is 0.435. The Labute approximate surface area is 74.5 Å². The van der Waals surface area contributed by atoms with Crippen LogP contribution in [0.15, 0.2) is 0 Å². The molecule has 2 saturated heterocycles. The highest BCUT2D eigenvalue weighted by molar-refractivity contribution is 4.96. The molecule has 2 N–H and O–H groups in total. The molecule has 0 saturated carbocycles. The molecule has 2 aliphatic rings. The van der Waals surface area contributed by atoms with Crippen LogP contribution in [0.4, 0.5) is 0 Å². The molecule has 0 aromatic carbocycles. The summed E-state index contributed by atoms with van der Waals surface area (Å²) in [5, 5.41) is 7.14. The van der Waals surface area contributed by atoms with Crippen LogP contribution in [0.25, 0.3) is 0 Å². The fourth-order valence-corrected chi connectivity index (χ4v) is 2.21. The Morgan fingerprint density at radius 2 is 1.92 bits per heavy atom. The van der Waals surface area contributed by atoms with E-state index in [1.807, 2.05) is 0 Å². The monoisotopic (exact) mass is 169 g/mol. The molecule has 0 bridgehead atoms. The van der Waals surface area contributed by atoms with E-state index in [0.29, 0.717) is 5.54 Å². The first kappa shape index (κ1) is 8.48. The zero-order valence-corrected chi connectivity index (χ0v) is 7.90. The van der Waals surface area contributed by atoms with E-state index in [1.165, 1.54) is 32.5 Å². The Morgan fingerprint density at radius 1 is 1.17 bits per heavy atom. The van der Waals surface area contributed by atoms with Crippen molar-refractivity contribution in [3.05, 3.63) is 0 Å². The van der Waals surface area contributed by atoms with Crippen molar-refractivity contribution in [1.29, 1.82) is 0 Å². The SMILES string of the molecule is CN1CCC2(CC1)CNCCN2. The van der Waals surface area contributed by atoms with Crippen LogP contribution < -0.4 is 10.6 Å². The Morgan fingerprint density at radius 3 is 2.50 bits per heavy atom. The molecule has 0 atom stereocenters. The Balaban J connectivity index is 1.92. The van der Waals surface area contributed by atoms with Crippen LogP contribution in [-0.2, 0) is 0 Å². The van der Waals surface area contributed by atoms with Gasteiger partial charge in [0.2, 0.25) is 0 Å². The van der Waals surface area contributed by atoms with Gasteiger partial charge < -0.3 is 15.5 Å². The van der Waals surface area contributed by atoms with Gasteiger partial charge in [0.15, 0.2) is 0 Å². The number of hydrogen-bond donors (Lipinski definition) is 2. The van der Waals surface area contributed by atoms with Crippen LogP contribution in [0, 0.1) is 0 Å². The molecule has 70 valence electrons. The second-order valence-corrected chi connectivity index (χ2v) is 4.19. The zero-order valence-electron chi connectivity index (χ0n) is 7.90. The molecule has 0 aliphatic carbocycles. The summed E-state index contributed by atoms with van der Waals surface area (Å²) in [5.74, 6) is 0.